The zero-order chi connectivity index (χ0) is 10.3. The van der Waals surface area contributed by atoms with Crippen LogP contribution >= 0.6 is 0 Å². The van der Waals surface area contributed by atoms with Crippen molar-refractivity contribution in [2.24, 2.45) is 5.41 Å². The molecular formula is C11H19NO2. The fourth-order valence-electron chi connectivity index (χ4n) is 2.93. The maximum Gasteiger partial charge on any atom is 0.310 e. The molecule has 1 saturated carbocycles. The van der Waals surface area contributed by atoms with Crippen LogP contribution in [0.2, 0.25) is 0 Å². The second-order valence-electron chi connectivity index (χ2n) is 5.01. The molecule has 0 aromatic rings. The van der Waals surface area contributed by atoms with Crippen LogP contribution in [0.15, 0.2) is 0 Å². The van der Waals surface area contributed by atoms with Crippen LogP contribution in [0.25, 0.3) is 0 Å². The molecule has 1 aliphatic heterocycles. The Morgan fingerprint density at radius 3 is 2.64 bits per heavy atom. The first kappa shape index (κ1) is 9.97. The van der Waals surface area contributed by atoms with Crippen LogP contribution in [0.3, 0.4) is 0 Å². The average Bonchev–Trinajstić information content (AvgIpc) is 2.47. The Bertz CT molecular complexity index is 254. The summed E-state index contributed by atoms with van der Waals surface area (Å²) >= 11 is 0. The van der Waals surface area contributed by atoms with Crippen LogP contribution in [0, 0.1) is 5.41 Å². The van der Waals surface area contributed by atoms with Gasteiger partial charge in [-0.3, -0.25) is 9.69 Å². The van der Waals surface area contributed by atoms with Gasteiger partial charge in [0.2, 0.25) is 0 Å². The number of carboxylic acids is 1. The molecule has 0 bridgehead atoms. The Labute approximate surface area is 85.1 Å². The van der Waals surface area contributed by atoms with E-state index in [9.17, 15) is 9.90 Å². The van der Waals surface area contributed by atoms with Crippen molar-refractivity contribution in [1.29, 1.82) is 0 Å². The summed E-state index contributed by atoms with van der Waals surface area (Å²) in [5.74, 6) is -0.612. The molecule has 0 radical (unpaired) electrons. The van der Waals surface area contributed by atoms with Gasteiger partial charge in [-0.25, -0.2) is 0 Å². The number of carbonyl (C=O) groups is 1. The van der Waals surface area contributed by atoms with Crippen molar-refractivity contribution in [3.05, 3.63) is 0 Å². The molecule has 1 N–H and O–H groups in total. The summed E-state index contributed by atoms with van der Waals surface area (Å²) in [6, 6.07) is 0.875. The van der Waals surface area contributed by atoms with E-state index in [1.54, 1.807) is 0 Å². The molecule has 2 fully saturated rings. The Morgan fingerprint density at radius 2 is 2.21 bits per heavy atom. The minimum atomic E-state index is -0.612. The highest BCUT2D eigenvalue weighted by Crippen LogP contribution is 2.44. The number of aliphatic carboxylic acids is 1. The van der Waals surface area contributed by atoms with Gasteiger partial charge in [0.15, 0.2) is 0 Å². The van der Waals surface area contributed by atoms with E-state index in [-0.39, 0.29) is 6.04 Å². The lowest BCUT2D eigenvalue weighted by Gasteiger charge is -2.47. The van der Waals surface area contributed by atoms with Gasteiger partial charge in [0.25, 0.3) is 0 Å². The van der Waals surface area contributed by atoms with E-state index in [1.807, 2.05) is 6.92 Å². The summed E-state index contributed by atoms with van der Waals surface area (Å²) in [5, 5.41) is 9.27. The van der Waals surface area contributed by atoms with Crippen LogP contribution in [0.5, 0.6) is 0 Å². The lowest BCUT2D eigenvalue weighted by atomic mass is 9.81. The van der Waals surface area contributed by atoms with Gasteiger partial charge < -0.3 is 5.11 Å². The Hall–Kier alpha value is -0.570. The number of nitrogens with zero attached hydrogens (tertiary/aromatic N) is 1. The van der Waals surface area contributed by atoms with E-state index in [0.29, 0.717) is 6.04 Å². The third-order valence-electron chi connectivity index (χ3n) is 4.17. The first-order valence-corrected chi connectivity index (χ1v) is 5.55. The summed E-state index contributed by atoms with van der Waals surface area (Å²) in [6.07, 6.45) is 4.20. The zero-order valence-corrected chi connectivity index (χ0v) is 8.99. The van der Waals surface area contributed by atoms with Crippen molar-refractivity contribution in [2.45, 2.75) is 51.6 Å². The van der Waals surface area contributed by atoms with Crippen molar-refractivity contribution in [3.63, 3.8) is 0 Å². The molecule has 2 aliphatic rings. The van der Waals surface area contributed by atoms with Crippen molar-refractivity contribution >= 4 is 5.97 Å². The molecule has 3 nitrogen and oxygen atoms in total. The summed E-state index contributed by atoms with van der Waals surface area (Å²) in [7, 11) is 0. The fourth-order valence-corrected chi connectivity index (χ4v) is 2.93. The molecule has 0 aromatic heterocycles. The van der Waals surface area contributed by atoms with E-state index < -0.39 is 11.4 Å². The van der Waals surface area contributed by atoms with Crippen molar-refractivity contribution in [3.8, 4) is 0 Å². The second-order valence-corrected chi connectivity index (χ2v) is 5.01. The van der Waals surface area contributed by atoms with E-state index in [0.717, 1.165) is 25.8 Å². The largest absolute Gasteiger partial charge is 0.481 e. The predicted molar refractivity (Wildman–Crippen MR) is 54.2 cm³/mol. The topological polar surface area (TPSA) is 40.5 Å². The summed E-state index contributed by atoms with van der Waals surface area (Å²) < 4.78 is 0. The lowest BCUT2D eigenvalue weighted by molar-refractivity contribution is -0.153. The average molecular weight is 197 g/mol. The first-order valence-electron chi connectivity index (χ1n) is 5.55. The molecule has 1 aliphatic carbocycles. The highest BCUT2D eigenvalue weighted by Gasteiger charge is 2.50. The molecule has 3 atom stereocenters. The third-order valence-corrected chi connectivity index (χ3v) is 4.17. The molecule has 2 rings (SSSR count). The normalized spacial score (nSPS) is 43.6. The van der Waals surface area contributed by atoms with Crippen LogP contribution in [-0.4, -0.2) is 34.6 Å². The van der Waals surface area contributed by atoms with E-state index in [4.69, 9.17) is 0 Å². The quantitative estimate of drug-likeness (QED) is 0.732. The molecule has 0 spiro atoms. The van der Waals surface area contributed by atoms with Crippen LogP contribution in [-0.2, 0) is 4.79 Å². The highest BCUT2D eigenvalue weighted by atomic mass is 16.4. The van der Waals surface area contributed by atoms with Gasteiger partial charge in [-0.2, -0.15) is 0 Å². The zero-order valence-electron chi connectivity index (χ0n) is 8.99. The van der Waals surface area contributed by atoms with Crippen molar-refractivity contribution in [1.82, 2.24) is 4.90 Å². The van der Waals surface area contributed by atoms with Gasteiger partial charge in [0.1, 0.15) is 0 Å². The molecular weight excluding hydrogens is 178 g/mol. The number of likely N-dealkylation sites (tertiary alicyclic amines) is 1. The minimum Gasteiger partial charge on any atom is -0.481 e. The van der Waals surface area contributed by atoms with E-state index >= 15 is 0 Å². The smallest absolute Gasteiger partial charge is 0.310 e. The standard InChI is InChI=1S/C11H19NO2/c1-8-5-7-12(8)9-4-3-6-11(9,2)10(13)14/h8-9H,3-7H2,1-2H3,(H,13,14). The summed E-state index contributed by atoms with van der Waals surface area (Å²) in [6.45, 7) is 5.21. The second kappa shape index (κ2) is 3.23. The lowest BCUT2D eigenvalue weighted by Crippen LogP contribution is -2.57. The van der Waals surface area contributed by atoms with Gasteiger partial charge in [-0.1, -0.05) is 6.42 Å². The van der Waals surface area contributed by atoms with Crippen molar-refractivity contribution in [2.75, 3.05) is 6.54 Å². The number of rotatable bonds is 2. The van der Waals surface area contributed by atoms with Gasteiger partial charge in [-0.05, 0) is 33.1 Å². The highest BCUT2D eigenvalue weighted by molar-refractivity contribution is 5.75. The predicted octanol–water partition coefficient (Wildman–Crippen LogP) is 1.72. The third kappa shape index (κ3) is 1.26. The van der Waals surface area contributed by atoms with Gasteiger partial charge in [-0.15, -0.1) is 0 Å². The molecule has 1 saturated heterocycles. The van der Waals surface area contributed by atoms with Gasteiger partial charge in [0, 0.05) is 18.6 Å². The molecule has 0 aromatic carbocycles. The van der Waals surface area contributed by atoms with E-state index in [2.05, 4.69) is 11.8 Å². The SMILES string of the molecule is CC1CCN1C1CCCC1(C)C(=O)O. The first-order chi connectivity index (χ1) is 6.55. The summed E-state index contributed by atoms with van der Waals surface area (Å²) in [5.41, 5.74) is -0.491. The monoisotopic (exact) mass is 197 g/mol. The minimum absolute atomic E-state index is 0.281. The number of hydrogen-bond acceptors (Lipinski definition) is 2. The Balaban J connectivity index is 2.14. The molecule has 0 amide bonds. The number of hydrogen-bond donors (Lipinski definition) is 1. The fraction of sp³-hybridized carbons (Fsp3) is 0.909. The Morgan fingerprint density at radius 1 is 1.50 bits per heavy atom. The van der Waals surface area contributed by atoms with Gasteiger partial charge in [0.05, 0.1) is 5.41 Å². The Kier molecular flexibility index (Phi) is 2.30. The van der Waals surface area contributed by atoms with Crippen LogP contribution < -0.4 is 0 Å². The molecule has 3 unspecified atom stereocenters. The van der Waals surface area contributed by atoms with Crippen molar-refractivity contribution < 1.29 is 9.90 Å². The number of carboxylic acid groups (broad SMARTS) is 1. The maximum atomic E-state index is 11.3. The van der Waals surface area contributed by atoms with Gasteiger partial charge >= 0.3 is 5.97 Å². The molecule has 80 valence electrons. The molecule has 3 heteroatoms. The maximum absolute atomic E-state index is 11.3. The van der Waals surface area contributed by atoms with Crippen LogP contribution in [0.4, 0.5) is 0 Å². The van der Waals surface area contributed by atoms with Crippen LogP contribution in [0.1, 0.15) is 39.5 Å². The molecule has 14 heavy (non-hydrogen) atoms. The van der Waals surface area contributed by atoms with E-state index in [1.165, 1.54) is 6.42 Å². The summed E-state index contributed by atoms with van der Waals surface area (Å²) in [4.78, 5) is 13.6. The molecule has 1 heterocycles.